The summed E-state index contributed by atoms with van der Waals surface area (Å²) in [6, 6.07) is 15.9. The summed E-state index contributed by atoms with van der Waals surface area (Å²) in [6.45, 7) is 2.35. The number of anilines is 1. The molecule has 0 spiro atoms. The third-order valence-electron chi connectivity index (χ3n) is 7.07. The number of aromatic nitrogens is 3. The minimum Gasteiger partial charge on any atom is -0.367 e. The van der Waals surface area contributed by atoms with Crippen molar-refractivity contribution in [2.24, 2.45) is 5.92 Å². The van der Waals surface area contributed by atoms with E-state index in [0.29, 0.717) is 25.3 Å². The zero-order chi connectivity index (χ0) is 23.8. The average Bonchev–Trinajstić information content (AvgIpc) is 3.42. The number of nitrogens with zero attached hydrogens (tertiary/aromatic N) is 4. The highest BCUT2D eigenvalue weighted by molar-refractivity contribution is 5.97. The number of ketones is 1. The van der Waals surface area contributed by atoms with Crippen molar-refractivity contribution in [2.45, 2.75) is 38.5 Å². The maximum Gasteiger partial charge on any atom is 0.222 e. The highest BCUT2D eigenvalue weighted by Gasteiger charge is 2.25. The number of hydrogen-bond acceptors (Lipinski definition) is 5. The van der Waals surface area contributed by atoms with Gasteiger partial charge in [0.05, 0.1) is 22.9 Å². The number of amides is 1. The summed E-state index contributed by atoms with van der Waals surface area (Å²) in [6.07, 6.45) is 7.39. The van der Waals surface area contributed by atoms with E-state index >= 15 is 0 Å². The molecule has 2 aromatic heterocycles. The predicted octanol–water partition coefficient (Wildman–Crippen LogP) is 4.96. The molecule has 3 heterocycles. The van der Waals surface area contributed by atoms with Crippen molar-refractivity contribution in [3.63, 3.8) is 0 Å². The Balaban J connectivity index is 1.28. The number of nitrogens with one attached hydrogen (secondary N) is 1. The van der Waals surface area contributed by atoms with Crippen LogP contribution in [0, 0.1) is 5.92 Å². The molecular weight excluding hydrogens is 438 g/mol. The van der Waals surface area contributed by atoms with Gasteiger partial charge in [-0.2, -0.15) is 0 Å². The lowest BCUT2D eigenvalue weighted by molar-refractivity contribution is -0.127. The first kappa shape index (κ1) is 21.8. The first-order valence-electron chi connectivity index (χ1n) is 12.6. The van der Waals surface area contributed by atoms with E-state index < -0.39 is 0 Å². The third kappa shape index (κ3) is 4.38. The van der Waals surface area contributed by atoms with Crippen LogP contribution in [0.4, 0.5) is 5.82 Å². The Hall–Kier alpha value is -3.74. The molecule has 4 aromatic rings. The van der Waals surface area contributed by atoms with Crippen LogP contribution in [-0.4, -0.2) is 50.6 Å². The Kier molecular flexibility index (Phi) is 5.68. The van der Waals surface area contributed by atoms with Crippen LogP contribution >= 0.6 is 0 Å². The lowest BCUT2D eigenvalue weighted by Crippen LogP contribution is -2.27. The van der Waals surface area contributed by atoms with E-state index in [0.717, 1.165) is 65.3 Å². The van der Waals surface area contributed by atoms with Gasteiger partial charge < -0.3 is 10.2 Å². The van der Waals surface area contributed by atoms with Crippen molar-refractivity contribution in [3.8, 4) is 11.3 Å². The van der Waals surface area contributed by atoms with Crippen LogP contribution in [0.3, 0.4) is 0 Å². The number of imidazole rings is 1. The maximum atomic E-state index is 12.5. The number of para-hydroxylation sites is 2. The Morgan fingerprint density at radius 2 is 1.91 bits per heavy atom. The van der Waals surface area contributed by atoms with Gasteiger partial charge in [-0.25, -0.2) is 9.97 Å². The molecule has 0 bridgehead atoms. The molecule has 1 aliphatic carbocycles. The zero-order valence-corrected chi connectivity index (χ0v) is 19.7. The van der Waals surface area contributed by atoms with Crippen LogP contribution in [0.15, 0.2) is 54.7 Å². The number of benzene rings is 2. The Labute approximate surface area is 204 Å². The van der Waals surface area contributed by atoms with Crippen molar-refractivity contribution >= 4 is 34.2 Å². The molecule has 2 aliphatic rings. The molecule has 178 valence electrons. The molecule has 6 rings (SSSR count). The largest absolute Gasteiger partial charge is 0.367 e. The molecule has 1 saturated heterocycles. The molecular formula is C28H29N5O2. The van der Waals surface area contributed by atoms with E-state index in [1.807, 2.05) is 53.6 Å². The lowest BCUT2D eigenvalue weighted by atomic mass is 10.0. The van der Waals surface area contributed by atoms with E-state index in [2.05, 4.69) is 15.8 Å². The van der Waals surface area contributed by atoms with Crippen LogP contribution in [0.1, 0.15) is 48.9 Å². The molecule has 7 nitrogen and oxygen atoms in total. The summed E-state index contributed by atoms with van der Waals surface area (Å²) in [5, 5.41) is 3.45. The van der Waals surface area contributed by atoms with Crippen LogP contribution in [0.2, 0.25) is 0 Å². The summed E-state index contributed by atoms with van der Waals surface area (Å²) in [7, 11) is 0. The van der Waals surface area contributed by atoms with E-state index in [9.17, 15) is 9.59 Å². The molecule has 0 unspecified atom stereocenters. The van der Waals surface area contributed by atoms with Crippen molar-refractivity contribution in [2.75, 3.05) is 25.0 Å². The number of Topliss-reactive ketones (excluding diaryl/α,β-unsaturated/α-hetero) is 1. The fourth-order valence-electron chi connectivity index (χ4n) is 4.95. The van der Waals surface area contributed by atoms with Crippen molar-refractivity contribution < 1.29 is 9.59 Å². The van der Waals surface area contributed by atoms with Crippen molar-refractivity contribution in [1.82, 2.24) is 19.3 Å². The first-order valence-corrected chi connectivity index (χ1v) is 12.6. The molecule has 2 aromatic carbocycles. The number of likely N-dealkylation sites (tertiary alicyclic amines) is 1. The van der Waals surface area contributed by atoms with Gasteiger partial charge in [-0.3, -0.25) is 14.0 Å². The van der Waals surface area contributed by atoms with Crippen LogP contribution in [-0.2, 0) is 4.79 Å². The maximum absolute atomic E-state index is 12.5. The predicted molar refractivity (Wildman–Crippen MR) is 137 cm³/mol. The van der Waals surface area contributed by atoms with Gasteiger partial charge in [-0.15, -0.1) is 0 Å². The minimum absolute atomic E-state index is 0.231. The van der Waals surface area contributed by atoms with Gasteiger partial charge in [-0.05, 0) is 43.7 Å². The van der Waals surface area contributed by atoms with E-state index in [1.165, 1.54) is 12.8 Å². The quantitative estimate of drug-likeness (QED) is 0.278. The number of fused-ring (bicyclic) bond motifs is 3. The molecule has 0 atom stereocenters. The minimum atomic E-state index is 0.231. The van der Waals surface area contributed by atoms with E-state index in [4.69, 9.17) is 9.97 Å². The third-order valence-corrected chi connectivity index (χ3v) is 7.07. The molecule has 1 saturated carbocycles. The highest BCUT2D eigenvalue weighted by Crippen LogP contribution is 2.34. The Bertz CT molecular complexity index is 1400. The lowest BCUT2D eigenvalue weighted by Gasteiger charge is -2.16. The number of rotatable bonds is 9. The Morgan fingerprint density at radius 3 is 2.69 bits per heavy atom. The summed E-state index contributed by atoms with van der Waals surface area (Å²) in [5.41, 5.74) is 5.38. The second-order valence-corrected chi connectivity index (χ2v) is 9.66. The number of hydrogen-bond donors (Lipinski definition) is 1. The topological polar surface area (TPSA) is 79.6 Å². The van der Waals surface area contributed by atoms with Gasteiger partial charge in [0.25, 0.3) is 0 Å². The van der Waals surface area contributed by atoms with Crippen molar-refractivity contribution in [3.05, 3.63) is 60.3 Å². The molecule has 35 heavy (non-hydrogen) atoms. The number of carbonyl (C=O) groups excluding carboxylic acids is 2. The standard InChI is InChI=1S/C28H29N5O2/c34-25(17-19-8-9-19)21-12-10-20(11-13-21)24-18-30-28-27(29-14-4-16-32-15-3-7-26(32)35)31-22-5-1-2-6-23(22)33(24)28/h1-2,5-6,10-13,18-19H,3-4,7-9,14-17H2,(H,29,31). The van der Waals surface area contributed by atoms with Crippen LogP contribution < -0.4 is 5.32 Å². The fraction of sp³-hybridized carbons (Fsp3) is 0.357. The molecule has 1 aliphatic heterocycles. The van der Waals surface area contributed by atoms with E-state index in [-0.39, 0.29) is 11.7 Å². The summed E-state index contributed by atoms with van der Waals surface area (Å²) >= 11 is 0. The highest BCUT2D eigenvalue weighted by atomic mass is 16.2. The monoisotopic (exact) mass is 467 g/mol. The number of carbonyl (C=O) groups is 2. The van der Waals surface area contributed by atoms with Gasteiger partial charge in [-0.1, -0.05) is 36.4 Å². The van der Waals surface area contributed by atoms with Gasteiger partial charge >= 0.3 is 0 Å². The molecule has 7 heteroatoms. The molecule has 1 N–H and O–H groups in total. The second kappa shape index (κ2) is 9.13. The molecule has 2 fully saturated rings. The zero-order valence-electron chi connectivity index (χ0n) is 19.7. The second-order valence-electron chi connectivity index (χ2n) is 9.66. The van der Waals surface area contributed by atoms with Crippen LogP contribution in [0.25, 0.3) is 27.9 Å². The SMILES string of the molecule is O=C(CC1CC1)c1ccc(-c2cnc3c(NCCCN4CCCC4=O)nc4ccccc4n23)cc1. The van der Waals surface area contributed by atoms with Gasteiger partial charge in [0.2, 0.25) is 5.91 Å². The normalized spacial score (nSPS) is 15.9. The fourth-order valence-corrected chi connectivity index (χ4v) is 4.95. The average molecular weight is 468 g/mol. The van der Waals surface area contributed by atoms with Gasteiger partial charge in [0.1, 0.15) is 0 Å². The van der Waals surface area contributed by atoms with Crippen molar-refractivity contribution in [1.29, 1.82) is 0 Å². The van der Waals surface area contributed by atoms with Crippen LogP contribution in [0.5, 0.6) is 0 Å². The van der Waals surface area contributed by atoms with E-state index in [1.54, 1.807) is 0 Å². The summed E-state index contributed by atoms with van der Waals surface area (Å²) in [5.74, 6) is 1.81. The Morgan fingerprint density at radius 1 is 1.09 bits per heavy atom. The molecule has 0 radical (unpaired) electrons. The van der Waals surface area contributed by atoms with Gasteiger partial charge in [0, 0.05) is 43.6 Å². The summed E-state index contributed by atoms with van der Waals surface area (Å²) in [4.78, 5) is 35.9. The first-order chi connectivity index (χ1) is 17.2. The molecule has 1 amide bonds. The van der Waals surface area contributed by atoms with Gasteiger partial charge in [0.15, 0.2) is 17.2 Å². The smallest absolute Gasteiger partial charge is 0.222 e. The summed E-state index contributed by atoms with van der Waals surface area (Å²) < 4.78 is 2.13.